The summed E-state index contributed by atoms with van der Waals surface area (Å²) in [5.41, 5.74) is 5.40. The first-order chi connectivity index (χ1) is 6.29. The minimum absolute atomic E-state index is 0.363. The monoisotopic (exact) mass is 197 g/mol. The number of hydrogen-bond acceptors (Lipinski definition) is 6. The van der Waals surface area contributed by atoms with Gasteiger partial charge >= 0.3 is 0 Å². The average Bonchev–Trinajstić information content (AvgIpc) is 2.71. The Hall–Kier alpha value is -1.56. The molecule has 6 heteroatoms. The first kappa shape index (κ1) is 8.06. The Morgan fingerprint density at radius 1 is 1.62 bits per heavy atom. The van der Waals surface area contributed by atoms with Gasteiger partial charge in [0.25, 0.3) is 5.19 Å². The highest BCUT2D eigenvalue weighted by Gasteiger charge is 2.08. The Balaban J connectivity index is 2.35. The van der Waals surface area contributed by atoms with Gasteiger partial charge < -0.3 is 15.0 Å². The fourth-order valence-corrected chi connectivity index (χ4v) is 1.55. The van der Waals surface area contributed by atoms with Gasteiger partial charge in [-0.2, -0.15) is 0 Å². The van der Waals surface area contributed by atoms with Crippen LogP contribution in [-0.4, -0.2) is 17.3 Å². The summed E-state index contributed by atoms with van der Waals surface area (Å²) in [5.74, 6) is 0.973. The van der Waals surface area contributed by atoms with Gasteiger partial charge in [-0.3, -0.25) is 0 Å². The van der Waals surface area contributed by atoms with E-state index in [0.29, 0.717) is 16.8 Å². The third kappa shape index (κ3) is 1.48. The summed E-state index contributed by atoms with van der Waals surface area (Å²) >= 11 is 1.38. The van der Waals surface area contributed by atoms with Crippen LogP contribution in [-0.2, 0) is 0 Å². The van der Waals surface area contributed by atoms with E-state index in [0.717, 1.165) is 4.88 Å². The lowest BCUT2D eigenvalue weighted by atomic mass is 10.4. The fraction of sp³-hybridized carbons (Fsp3) is 0.143. The van der Waals surface area contributed by atoms with Crippen molar-refractivity contribution in [3.05, 3.63) is 12.3 Å². The number of ether oxygens (including phenoxy) is 1. The molecule has 0 aromatic carbocycles. The fourth-order valence-electron chi connectivity index (χ4n) is 0.871. The van der Waals surface area contributed by atoms with E-state index in [1.807, 2.05) is 0 Å². The Labute approximate surface area is 78.1 Å². The SMILES string of the molecule is COc1ncc(-c2cc(N)no2)s1. The van der Waals surface area contributed by atoms with Crippen molar-refractivity contribution in [2.75, 3.05) is 12.8 Å². The molecule has 2 heterocycles. The Morgan fingerprint density at radius 3 is 3.00 bits per heavy atom. The molecule has 2 rings (SSSR count). The summed E-state index contributed by atoms with van der Waals surface area (Å²) in [6.07, 6.45) is 1.66. The Bertz CT molecular complexity index is 409. The zero-order valence-corrected chi connectivity index (χ0v) is 7.67. The molecule has 0 atom stereocenters. The van der Waals surface area contributed by atoms with Crippen molar-refractivity contribution in [2.45, 2.75) is 0 Å². The van der Waals surface area contributed by atoms with E-state index in [-0.39, 0.29) is 0 Å². The first-order valence-corrected chi connectivity index (χ1v) is 4.33. The first-order valence-electron chi connectivity index (χ1n) is 3.52. The topological polar surface area (TPSA) is 74.2 Å². The largest absolute Gasteiger partial charge is 0.473 e. The summed E-state index contributed by atoms with van der Waals surface area (Å²) < 4.78 is 9.89. The number of hydrogen-bond donors (Lipinski definition) is 1. The molecule has 0 aliphatic carbocycles. The number of thiazole rings is 1. The van der Waals surface area contributed by atoms with Crippen LogP contribution in [0.25, 0.3) is 10.6 Å². The number of nitrogens with zero attached hydrogens (tertiary/aromatic N) is 2. The van der Waals surface area contributed by atoms with Crippen molar-refractivity contribution in [1.29, 1.82) is 0 Å². The van der Waals surface area contributed by atoms with Crippen LogP contribution in [0.2, 0.25) is 0 Å². The summed E-state index contributed by atoms with van der Waals surface area (Å²) in [6, 6.07) is 1.65. The van der Waals surface area contributed by atoms with Gasteiger partial charge in [-0.25, -0.2) is 4.98 Å². The predicted octanol–water partition coefficient (Wildman–Crippen LogP) is 1.39. The average molecular weight is 197 g/mol. The molecule has 0 fully saturated rings. The number of nitrogens with two attached hydrogens (primary N) is 1. The van der Waals surface area contributed by atoms with E-state index < -0.39 is 0 Å². The summed E-state index contributed by atoms with van der Waals surface area (Å²) in [6.45, 7) is 0. The second-order valence-electron chi connectivity index (χ2n) is 2.31. The highest BCUT2D eigenvalue weighted by molar-refractivity contribution is 7.16. The van der Waals surface area contributed by atoms with E-state index in [9.17, 15) is 0 Å². The van der Waals surface area contributed by atoms with E-state index in [1.165, 1.54) is 11.3 Å². The molecule has 5 nitrogen and oxygen atoms in total. The molecular formula is C7H7N3O2S. The normalized spacial score (nSPS) is 10.2. The van der Waals surface area contributed by atoms with Crippen molar-refractivity contribution in [3.63, 3.8) is 0 Å². The lowest BCUT2D eigenvalue weighted by molar-refractivity contribution is 0.412. The van der Waals surface area contributed by atoms with Crippen LogP contribution in [0, 0.1) is 0 Å². The van der Waals surface area contributed by atoms with E-state index in [1.54, 1.807) is 19.4 Å². The van der Waals surface area contributed by atoms with Gasteiger partial charge in [-0.15, -0.1) is 0 Å². The molecule has 2 aromatic heterocycles. The van der Waals surface area contributed by atoms with Gasteiger partial charge in [-0.1, -0.05) is 16.5 Å². The number of aromatic nitrogens is 2. The molecule has 0 aliphatic heterocycles. The van der Waals surface area contributed by atoms with E-state index in [4.69, 9.17) is 15.0 Å². The molecule has 0 aliphatic rings. The molecule has 0 saturated heterocycles. The van der Waals surface area contributed by atoms with Crippen molar-refractivity contribution in [3.8, 4) is 15.8 Å². The maximum absolute atomic E-state index is 5.40. The smallest absolute Gasteiger partial charge is 0.273 e. The zero-order valence-electron chi connectivity index (χ0n) is 6.85. The number of anilines is 1. The number of nitrogen functional groups attached to an aromatic ring is 1. The second kappa shape index (κ2) is 3.06. The standard InChI is InChI=1S/C7H7N3O2S/c1-11-7-9-3-5(13-7)4-2-6(8)10-12-4/h2-3H,1H3,(H2,8,10). The van der Waals surface area contributed by atoms with E-state index in [2.05, 4.69) is 10.1 Å². The molecule has 0 unspecified atom stereocenters. The lowest BCUT2D eigenvalue weighted by Gasteiger charge is -1.86. The summed E-state index contributed by atoms with van der Waals surface area (Å²) in [7, 11) is 1.57. The maximum Gasteiger partial charge on any atom is 0.273 e. The molecule has 68 valence electrons. The van der Waals surface area contributed by atoms with Crippen LogP contribution in [0.3, 0.4) is 0 Å². The van der Waals surface area contributed by atoms with E-state index >= 15 is 0 Å². The molecule has 2 aromatic rings. The third-order valence-electron chi connectivity index (χ3n) is 1.43. The van der Waals surface area contributed by atoms with Gasteiger partial charge in [0.1, 0.15) is 0 Å². The van der Waals surface area contributed by atoms with Crippen LogP contribution < -0.4 is 10.5 Å². The Kier molecular flexibility index (Phi) is 1.90. The van der Waals surface area contributed by atoms with Gasteiger partial charge in [0.15, 0.2) is 11.6 Å². The van der Waals surface area contributed by atoms with Gasteiger partial charge in [-0.05, 0) is 0 Å². The maximum atomic E-state index is 5.40. The molecule has 0 saturated carbocycles. The Morgan fingerprint density at radius 2 is 2.46 bits per heavy atom. The van der Waals surface area contributed by atoms with Crippen LogP contribution in [0.15, 0.2) is 16.8 Å². The molecule has 0 bridgehead atoms. The summed E-state index contributed by atoms with van der Waals surface area (Å²) in [4.78, 5) is 4.84. The van der Waals surface area contributed by atoms with Crippen LogP contribution in [0.5, 0.6) is 5.19 Å². The summed E-state index contributed by atoms with van der Waals surface area (Å²) in [5, 5.41) is 4.16. The van der Waals surface area contributed by atoms with Gasteiger partial charge in [0.05, 0.1) is 18.2 Å². The molecular weight excluding hydrogens is 190 g/mol. The number of methoxy groups -OCH3 is 1. The minimum Gasteiger partial charge on any atom is -0.473 e. The van der Waals surface area contributed by atoms with Crippen LogP contribution >= 0.6 is 11.3 Å². The highest BCUT2D eigenvalue weighted by Crippen LogP contribution is 2.30. The molecule has 0 radical (unpaired) electrons. The van der Waals surface area contributed by atoms with Crippen molar-refractivity contribution in [1.82, 2.24) is 10.1 Å². The van der Waals surface area contributed by atoms with Gasteiger partial charge in [0.2, 0.25) is 0 Å². The third-order valence-corrected chi connectivity index (χ3v) is 2.40. The quantitative estimate of drug-likeness (QED) is 0.787. The van der Waals surface area contributed by atoms with Crippen molar-refractivity contribution < 1.29 is 9.26 Å². The lowest BCUT2D eigenvalue weighted by Crippen LogP contribution is -1.79. The van der Waals surface area contributed by atoms with Crippen molar-refractivity contribution >= 4 is 17.2 Å². The van der Waals surface area contributed by atoms with Crippen LogP contribution in [0.4, 0.5) is 5.82 Å². The minimum atomic E-state index is 0.363. The molecule has 0 spiro atoms. The highest BCUT2D eigenvalue weighted by atomic mass is 32.1. The predicted molar refractivity (Wildman–Crippen MR) is 48.6 cm³/mol. The van der Waals surface area contributed by atoms with Crippen molar-refractivity contribution in [2.24, 2.45) is 0 Å². The molecule has 0 amide bonds. The van der Waals surface area contributed by atoms with Gasteiger partial charge in [0, 0.05) is 6.07 Å². The number of rotatable bonds is 2. The van der Waals surface area contributed by atoms with Crippen LogP contribution in [0.1, 0.15) is 0 Å². The molecule has 13 heavy (non-hydrogen) atoms. The second-order valence-corrected chi connectivity index (χ2v) is 3.30. The molecule has 2 N–H and O–H groups in total. The zero-order chi connectivity index (χ0) is 9.26.